The average molecular weight is 283 g/mol. The molecule has 86 valence electrons. The number of hydrogen-bond donors (Lipinski definition) is 0. The highest BCUT2D eigenvalue weighted by molar-refractivity contribution is 9.09. The maximum Gasteiger partial charge on any atom is 0.124 e. The minimum Gasteiger partial charge on any atom is -0.496 e. The lowest BCUT2D eigenvalue weighted by atomic mass is 9.91. The largest absolute Gasteiger partial charge is 0.496 e. The Balaban J connectivity index is 2.44. The molecule has 0 spiro atoms. The van der Waals surface area contributed by atoms with Crippen molar-refractivity contribution in [2.45, 2.75) is 12.0 Å². The van der Waals surface area contributed by atoms with Gasteiger partial charge in [0.15, 0.2) is 0 Å². The van der Waals surface area contributed by atoms with Crippen LogP contribution in [0.2, 0.25) is 0 Å². The Morgan fingerprint density at radius 2 is 2.25 bits per heavy atom. The van der Waals surface area contributed by atoms with Crippen LogP contribution >= 0.6 is 15.9 Å². The smallest absolute Gasteiger partial charge is 0.124 e. The summed E-state index contributed by atoms with van der Waals surface area (Å²) in [6.45, 7) is 4.62. The standard InChI is InChI=1S/C13H15BrO2/c1-10-7-13(9-14,16-8-10)11-5-3-4-6-12(11)15-2/h3-6H,1,7-9H2,2H3. The second kappa shape index (κ2) is 4.60. The van der Waals surface area contributed by atoms with Crippen molar-refractivity contribution >= 4 is 15.9 Å². The predicted molar refractivity (Wildman–Crippen MR) is 68.2 cm³/mol. The fraction of sp³-hybridized carbons (Fsp3) is 0.385. The summed E-state index contributed by atoms with van der Waals surface area (Å²) in [6.07, 6.45) is 0.846. The van der Waals surface area contributed by atoms with Gasteiger partial charge in [-0.15, -0.1) is 0 Å². The summed E-state index contributed by atoms with van der Waals surface area (Å²) in [5.41, 5.74) is 1.90. The molecule has 0 saturated carbocycles. The van der Waals surface area contributed by atoms with Crippen LogP contribution in [0.5, 0.6) is 5.75 Å². The van der Waals surface area contributed by atoms with Gasteiger partial charge in [-0.3, -0.25) is 0 Å². The van der Waals surface area contributed by atoms with E-state index in [1.54, 1.807) is 7.11 Å². The summed E-state index contributed by atoms with van der Waals surface area (Å²) in [5.74, 6) is 0.872. The van der Waals surface area contributed by atoms with Gasteiger partial charge in [-0.2, -0.15) is 0 Å². The van der Waals surface area contributed by atoms with E-state index in [1.807, 2.05) is 18.2 Å². The maximum atomic E-state index is 5.90. The topological polar surface area (TPSA) is 18.5 Å². The lowest BCUT2D eigenvalue weighted by Crippen LogP contribution is -2.27. The molecule has 0 amide bonds. The fourth-order valence-electron chi connectivity index (χ4n) is 2.10. The van der Waals surface area contributed by atoms with E-state index in [1.165, 1.54) is 0 Å². The molecule has 0 bridgehead atoms. The first-order valence-electron chi connectivity index (χ1n) is 5.22. The molecule has 3 heteroatoms. The van der Waals surface area contributed by atoms with Gasteiger partial charge in [0.1, 0.15) is 11.4 Å². The van der Waals surface area contributed by atoms with Gasteiger partial charge in [0.05, 0.1) is 13.7 Å². The molecule has 16 heavy (non-hydrogen) atoms. The maximum absolute atomic E-state index is 5.90. The van der Waals surface area contributed by atoms with Crippen LogP contribution in [0.4, 0.5) is 0 Å². The minimum atomic E-state index is -0.316. The first-order valence-corrected chi connectivity index (χ1v) is 6.34. The molecule has 2 nitrogen and oxygen atoms in total. The first kappa shape index (κ1) is 11.7. The zero-order valence-corrected chi connectivity index (χ0v) is 10.9. The van der Waals surface area contributed by atoms with Crippen molar-refractivity contribution in [1.82, 2.24) is 0 Å². The van der Waals surface area contributed by atoms with Crippen LogP contribution in [0.25, 0.3) is 0 Å². The van der Waals surface area contributed by atoms with Crippen LogP contribution in [0.1, 0.15) is 12.0 Å². The van der Waals surface area contributed by atoms with Crippen LogP contribution in [0.15, 0.2) is 36.4 Å². The van der Waals surface area contributed by atoms with E-state index >= 15 is 0 Å². The normalized spacial score (nSPS) is 24.8. The predicted octanol–water partition coefficient (Wildman–Crippen LogP) is 3.26. The third kappa shape index (κ3) is 1.89. The van der Waals surface area contributed by atoms with Crippen LogP contribution in [0, 0.1) is 0 Å². The van der Waals surface area contributed by atoms with Crippen molar-refractivity contribution in [2.24, 2.45) is 0 Å². The number of ether oxygens (including phenoxy) is 2. The molecule has 0 aromatic heterocycles. The molecule has 1 aromatic carbocycles. The quantitative estimate of drug-likeness (QED) is 0.626. The number of benzene rings is 1. The highest BCUT2D eigenvalue weighted by Gasteiger charge is 2.39. The molecular weight excluding hydrogens is 268 g/mol. The Morgan fingerprint density at radius 3 is 2.81 bits per heavy atom. The molecule has 1 heterocycles. The number of alkyl halides is 1. The van der Waals surface area contributed by atoms with Crippen LogP contribution in [-0.2, 0) is 10.3 Å². The highest BCUT2D eigenvalue weighted by Crippen LogP contribution is 2.43. The molecule has 1 atom stereocenters. The van der Waals surface area contributed by atoms with Crippen LogP contribution in [-0.4, -0.2) is 19.0 Å². The summed E-state index contributed by atoms with van der Waals surface area (Å²) in [4.78, 5) is 0. The zero-order valence-electron chi connectivity index (χ0n) is 9.33. The monoisotopic (exact) mass is 282 g/mol. The van der Waals surface area contributed by atoms with Gasteiger partial charge >= 0.3 is 0 Å². The summed E-state index contributed by atoms with van der Waals surface area (Å²) in [6, 6.07) is 7.99. The molecule has 1 saturated heterocycles. The van der Waals surface area contributed by atoms with Gasteiger partial charge < -0.3 is 9.47 Å². The molecule has 0 aliphatic carbocycles. The van der Waals surface area contributed by atoms with E-state index in [0.717, 1.165) is 28.6 Å². The lowest BCUT2D eigenvalue weighted by Gasteiger charge is -2.27. The highest BCUT2D eigenvalue weighted by atomic mass is 79.9. The van der Waals surface area contributed by atoms with Crippen molar-refractivity contribution in [3.05, 3.63) is 42.0 Å². The summed E-state index contributed by atoms with van der Waals surface area (Å²) < 4.78 is 11.3. The minimum absolute atomic E-state index is 0.316. The summed E-state index contributed by atoms with van der Waals surface area (Å²) in [5, 5.41) is 0.749. The Hall–Kier alpha value is -0.800. The van der Waals surface area contributed by atoms with Gasteiger partial charge in [-0.05, 0) is 11.6 Å². The number of para-hydroxylation sites is 1. The Bertz CT molecular complexity index is 403. The van der Waals surface area contributed by atoms with Gasteiger partial charge in [0.25, 0.3) is 0 Å². The van der Waals surface area contributed by atoms with Gasteiger partial charge in [0, 0.05) is 17.3 Å². The van der Waals surface area contributed by atoms with E-state index in [0.29, 0.717) is 6.61 Å². The Kier molecular flexibility index (Phi) is 3.36. The van der Waals surface area contributed by atoms with E-state index < -0.39 is 0 Å². The molecule has 2 rings (SSSR count). The number of halogens is 1. The number of hydrogen-bond acceptors (Lipinski definition) is 2. The van der Waals surface area contributed by atoms with Crippen molar-refractivity contribution in [1.29, 1.82) is 0 Å². The Labute approximate surface area is 104 Å². The second-order valence-corrected chi connectivity index (χ2v) is 4.60. The molecule has 1 aliphatic rings. The van der Waals surface area contributed by atoms with Crippen molar-refractivity contribution in [3.8, 4) is 5.75 Å². The first-order chi connectivity index (χ1) is 7.72. The zero-order chi connectivity index (χ0) is 11.6. The van der Waals surface area contributed by atoms with Gasteiger partial charge in [-0.1, -0.05) is 40.7 Å². The summed E-state index contributed by atoms with van der Waals surface area (Å²) >= 11 is 3.54. The van der Waals surface area contributed by atoms with Crippen molar-refractivity contribution in [3.63, 3.8) is 0 Å². The van der Waals surface area contributed by atoms with Crippen molar-refractivity contribution < 1.29 is 9.47 Å². The van der Waals surface area contributed by atoms with E-state index in [2.05, 4.69) is 28.6 Å². The molecule has 1 unspecified atom stereocenters. The third-order valence-electron chi connectivity index (χ3n) is 2.90. The second-order valence-electron chi connectivity index (χ2n) is 4.04. The van der Waals surface area contributed by atoms with Crippen LogP contribution in [0.3, 0.4) is 0 Å². The molecule has 0 N–H and O–H groups in total. The van der Waals surface area contributed by atoms with E-state index in [-0.39, 0.29) is 5.60 Å². The fourth-order valence-corrected chi connectivity index (χ4v) is 2.76. The number of methoxy groups -OCH3 is 1. The molecule has 1 aliphatic heterocycles. The third-order valence-corrected chi connectivity index (χ3v) is 3.81. The lowest BCUT2D eigenvalue weighted by molar-refractivity contribution is 0.0212. The molecule has 1 fully saturated rings. The number of rotatable bonds is 3. The van der Waals surface area contributed by atoms with E-state index in [9.17, 15) is 0 Å². The van der Waals surface area contributed by atoms with Gasteiger partial charge in [0.2, 0.25) is 0 Å². The summed E-state index contributed by atoms with van der Waals surface area (Å²) in [7, 11) is 1.69. The SMILES string of the molecule is C=C1COC(CBr)(c2ccccc2OC)C1. The molecule has 1 aromatic rings. The van der Waals surface area contributed by atoms with E-state index in [4.69, 9.17) is 9.47 Å². The Morgan fingerprint density at radius 1 is 1.50 bits per heavy atom. The molecular formula is C13H15BrO2. The van der Waals surface area contributed by atoms with Gasteiger partial charge in [-0.25, -0.2) is 0 Å². The van der Waals surface area contributed by atoms with Crippen molar-refractivity contribution in [2.75, 3.05) is 19.0 Å². The molecule has 0 radical (unpaired) electrons. The average Bonchev–Trinajstić information content (AvgIpc) is 2.72. The van der Waals surface area contributed by atoms with Crippen LogP contribution < -0.4 is 4.74 Å².